The SMILES string of the molecule is CC(=O)CSc1ncncc1C. The molecule has 1 rings (SSSR count). The van der Waals surface area contributed by atoms with E-state index in [-0.39, 0.29) is 5.78 Å². The summed E-state index contributed by atoms with van der Waals surface area (Å²) in [5.74, 6) is 0.649. The second-order valence-corrected chi connectivity index (χ2v) is 3.47. The molecule has 0 aliphatic carbocycles. The molecule has 4 heteroatoms. The average Bonchev–Trinajstić information content (AvgIpc) is 2.03. The van der Waals surface area contributed by atoms with Crippen molar-refractivity contribution in [2.45, 2.75) is 18.9 Å². The molecule has 0 unspecified atom stereocenters. The first kappa shape index (κ1) is 9.19. The fourth-order valence-corrected chi connectivity index (χ4v) is 1.45. The minimum Gasteiger partial charge on any atom is -0.299 e. The van der Waals surface area contributed by atoms with Crippen molar-refractivity contribution in [3.05, 3.63) is 18.1 Å². The summed E-state index contributed by atoms with van der Waals surface area (Å²) in [4.78, 5) is 18.6. The van der Waals surface area contributed by atoms with Gasteiger partial charge < -0.3 is 0 Å². The monoisotopic (exact) mass is 182 g/mol. The Balaban J connectivity index is 2.63. The highest BCUT2D eigenvalue weighted by atomic mass is 32.2. The van der Waals surface area contributed by atoms with Crippen molar-refractivity contribution >= 4 is 17.5 Å². The second kappa shape index (κ2) is 4.21. The van der Waals surface area contributed by atoms with E-state index in [4.69, 9.17) is 0 Å². The van der Waals surface area contributed by atoms with Gasteiger partial charge in [0.25, 0.3) is 0 Å². The van der Waals surface area contributed by atoms with E-state index in [1.165, 1.54) is 18.1 Å². The molecule has 0 N–H and O–H groups in total. The number of aromatic nitrogens is 2. The number of carbonyl (C=O) groups excluding carboxylic acids is 1. The summed E-state index contributed by atoms with van der Waals surface area (Å²) in [6.07, 6.45) is 3.24. The molecule has 0 fully saturated rings. The lowest BCUT2D eigenvalue weighted by atomic mass is 10.4. The Morgan fingerprint density at radius 3 is 3.00 bits per heavy atom. The first-order chi connectivity index (χ1) is 5.70. The summed E-state index contributed by atoms with van der Waals surface area (Å²) >= 11 is 1.45. The number of aryl methyl sites for hydroxylation is 1. The molecule has 0 atom stereocenters. The third kappa shape index (κ3) is 2.62. The van der Waals surface area contributed by atoms with Crippen LogP contribution >= 0.6 is 11.8 Å². The van der Waals surface area contributed by atoms with Crippen molar-refractivity contribution < 1.29 is 4.79 Å². The van der Waals surface area contributed by atoms with Crippen LogP contribution in [-0.4, -0.2) is 21.5 Å². The number of rotatable bonds is 3. The summed E-state index contributed by atoms with van der Waals surface area (Å²) in [6.45, 7) is 3.51. The number of ketones is 1. The summed E-state index contributed by atoms with van der Waals surface area (Å²) in [7, 11) is 0. The molecule has 0 bridgehead atoms. The van der Waals surface area contributed by atoms with E-state index in [1.54, 1.807) is 13.1 Å². The molecule has 1 aromatic rings. The Bertz CT molecular complexity index is 288. The summed E-state index contributed by atoms with van der Waals surface area (Å²) in [6, 6.07) is 0. The third-order valence-electron chi connectivity index (χ3n) is 1.26. The Kier molecular flexibility index (Phi) is 3.22. The van der Waals surface area contributed by atoms with Crippen molar-refractivity contribution in [1.82, 2.24) is 9.97 Å². The van der Waals surface area contributed by atoms with Crippen LogP contribution in [0.4, 0.5) is 0 Å². The van der Waals surface area contributed by atoms with Crippen LogP contribution < -0.4 is 0 Å². The van der Waals surface area contributed by atoms with Crippen molar-refractivity contribution in [3.8, 4) is 0 Å². The maximum atomic E-state index is 10.7. The quantitative estimate of drug-likeness (QED) is 0.524. The molecule has 12 heavy (non-hydrogen) atoms. The van der Waals surface area contributed by atoms with E-state index in [2.05, 4.69) is 9.97 Å². The fraction of sp³-hybridized carbons (Fsp3) is 0.375. The maximum absolute atomic E-state index is 10.7. The number of carbonyl (C=O) groups is 1. The number of thioether (sulfide) groups is 1. The number of hydrogen-bond acceptors (Lipinski definition) is 4. The van der Waals surface area contributed by atoms with E-state index in [9.17, 15) is 4.79 Å². The molecule has 0 radical (unpaired) electrons. The molecule has 0 spiro atoms. The average molecular weight is 182 g/mol. The van der Waals surface area contributed by atoms with Crippen LogP contribution in [-0.2, 0) is 4.79 Å². The first-order valence-corrected chi connectivity index (χ1v) is 4.57. The summed E-state index contributed by atoms with van der Waals surface area (Å²) in [5.41, 5.74) is 1.02. The normalized spacial score (nSPS) is 9.83. The van der Waals surface area contributed by atoms with Gasteiger partial charge in [0, 0.05) is 6.20 Å². The van der Waals surface area contributed by atoms with Gasteiger partial charge in [-0.2, -0.15) is 0 Å². The van der Waals surface area contributed by atoms with Gasteiger partial charge in [0.05, 0.1) is 5.75 Å². The van der Waals surface area contributed by atoms with Gasteiger partial charge in [0.1, 0.15) is 17.1 Å². The highest BCUT2D eigenvalue weighted by Gasteiger charge is 2.01. The number of hydrogen-bond donors (Lipinski definition) is 0. The summed E-state index contributed by atoms with van der Waals surface area (Å²) < 4.78 is 0. The van der Waals surface area contributed by atoms with Crippen LogP contribution in [0, 0.1) is 6.92 Å². The van der Waals surface area contributed by atoms with Gasteiger partial charge >= 0.3 is 0 Å². The summed E-state index contributed by atoms with van der Waals surface area (Å²) in [5, 5.41) is 0.889. The van der Waals surface area contributed by atoms with Crippen molar-refractivity contribution in [2.75, 3.05) is 5.75 Å². The zero-order chi connectivity index (χ0) is 8.97. The van der Waals surface area contributed by atoms with Crippen LogP contribution in [0.25, 0.3) is 0 Å². The van der Waals surface area contributed by atoms with Crippen LogP contribution in [0.3, 0.4) is 0 Å². The molecule has 0 saturated carbocycles. The third-order valence-corrected chi connectivity index (χ3v) is 2.51. The molecule has 0 aliphatic rings. The van der Waals surface area contributed by atoms with E-state index >= 15 is 0 Å². The van der Waals surface area contributed by atoms with E-state index < -0.39 is 0 Å². The Labute approximate surface area is 75.6 Å². The molecule has 1 aromatic heterocycles. The fourth-order valence-electron chi connectivity index (χ4n) is 0.709. The van der Waals surface area contributed by atoms with E-state index in [0.717, 1.165) is 10.6 Å². The molecular weight excluding hydrogens is 172 g/mol. The van der Waals surface area contributed by atoms with Crippen LogP contribution in [0.5, 0.6) is 0 Å². The minimum atomic E-state index is 0.165. The predicted octanol–water partition coefficient (Wildman–Crippen LogP) is 1.47. The van der Waals surface area contributed by atoms with Crippen molar-refractivity contribution in [3.63, 3.8) is 0 Å². The predicted molar refractivity (Wildman–Crippen MR) is 48.2 cm³/mol. The highest BCUT2D eigenvalue weighted by Crippen LogP contribution is 2.17. The zero-order valence-electron chi connectivity index (χ0n) is 7.07. The van der Waals surface area contributed by atoms with Gasteiger partial charge in [0.15, 0.2) is 0 Å². The molecule has 64 valence electrons. The van der Waals surface area contributed by atoms with Gasteiger partial charge in [0.2, 0.25) is 0 Å². The molecule has 0 saturated heterocycles. The highest BCUT2D eigenvalue weighted by molar-refractivity contribution is 7.99. The number of Topliss-reactive ketones (excluding diaryl/α,β-unsaturated/α-hetero) is 1. The van der Waals surface area contributed by atoms with Crippen molar-refractivity contribution in [1.29, 1.82) is 0 Å². The molecule has 0 aromatic carbocycles. The standard InChI is InChI=1S/C8H10N2OS/c1-6-3-9-5-10-8(6)12-4-7(2)11/h3,5H,4H2,1-2H3. The van der Waals surface area contributed by atoms with Crippen LogP contribution in [0.2, 0.25) is 0 Å². The lowest BCUT2D eigenvalue weighted by Gasteiger charge is -1.99. The zero-order valence-corrected chi connectivity index (χ0v) is 7.89. The van der Waals surface area contributed by atoms with Gasteiger partial charge in [-0.3, -0.25) is 4.79 Å². The van der Waals surface area contributed by atoms with Gasteiger partial charge in [-0.25, -0.2) is 9.97 Å². The Morgan fingerprint density at radius 2 is 2.42 bits per heavy atom. The maximum Gasteiger partial charge on any atom is 0.140 e. The Morgan fingerprint density at radius 1 is 1.67 bits per heavy atom. The Hall–Kier alpha value is -0.900. The molecular formula is C8H10N2OS. The minimum absolute atomic E-state index is 0.165. The number of nitrogens with zero attached hydrogens (tertiary/aromatic N) is 2. The van der Waals surface area contributed by atoms with E-state index in [0.29, 0.717) is 5.75 Å². The molecule has 0 aliphatic heterocycles. The first-order valence-electron chi connectivity index (χ1n) is 3.59. The topological polar surface area (TPSA) is 42.9 Å². The van der Waals surface area contributed by atoms with Gasteiger partial charge in [-0.05, 0) is 19.4 Å². The second-order valence-electron chi connectivity index (χ2n) is 2.50. The molecule has 0 amide bonds. The lowest BCUT2D eigenvalue weighted by molar-refractivity contribution is -0.114. The van der Waals surface area contributed by atoms with Crippen LogP contribution in [0.15, 0.2) is 17.6 Å². The smallest absolute Gasteiger partial charge is 0.140 e. The van der Waals surface area contributed by atoms with Gasteiger partial charge in [-0.15, -0.1) is 0 Å². The largest absolute Gasteiger partial charge is 0.299 e. The molecule has 3 nitrogen and oxygen atoms in total. The molecule has 1 heterocycles. The van der Waals surface area contributed by atoms with Crippen LogP contribution in [0.1, 0.15) is 12.5 Å². The van der Waals surface area contributed by atoms with Gasteiger partial charge in [-0.1, -0.05) is 11.8 Å². The lowest BCUT2D eigenvalue weighted by Crippen LogP contribution is -1.95. The van der Waals surface area contributed by atoms with Crippen molar-refractivity contribution in [2.24, 2.45) is 0 Å². The van der Waals surface area contributed by atoms with E-state index in [1.807, 2.05) is 6.92 Å².